The van der Waals surface area contributed by atoms with E-state index in [1.807, 2.05) is 30.1 Å². The van der Waals surface area contributed by atoms with Crippen LogP contribution in [0.4, 0.5) is 16.2 Å². The van der Waals surface area contributed by atoms with Crippen molar-refractivity contribution in [2.24, 2.45) is 0 Å². The van der Waals surface area contributed by atoms with Gasteiger partial charge in [-0.1, -0.05) is 15.9 Å². The summed E-state index contributed by atoms with van der Waals surface area (Å²) < 4.78 is 0.936. The van der Waals surface area contributed by atoms with Gasteiger partial charge in [-0.05, 0) is 37.5 Å². The van der Waals surface area contributed by atoms with Gasteiger partial charge < -0.3 is 10.6 Å². The second-order valence-corrected chi connectivity index (χ2v) is 6.13. The normalized spacial score (nSPS) is 21.6. The molecule has 4 nitrogen and oxygen atoms in total. The molecule has 1 spiro atoms. The number of urea groups is 1. The minimum Gasteiger partial charge on any atom is -0.397 e. The average molecular weight is 310 g/mol. The first kappa shape index (κ1) is 11.8. The SMILES string of the molecule is CN1CCC2(CC2)N(c2ccc(Br)cc2N)C1=O. The lowest BCUT2D eigenvalue weighted by molar-refractivity contribution is 0.197. The Morgan fingerprint density at radius 3 is 2.67 bits per heavy atom. The molecule has 0 bridgehead atoms. The first-order valence-corrected chi connectivity index (χ1v) is 6.93. The number of carbonyl (C=O) groups excluding carboxylic acids is 1. The number of benzene rings is 1. The summed E-state index contributed by atoms with van der Waals surface area (Å²) in [6.45, 7) is 0.839. The van der Waals surface area contributed by atoms with Crippen LogP contribution in [0.2, 0.25) is 0 Å². The van der Waals surface area contributed by atoms with E-state index in [2.05, 4.69) is 15.9 Å². The van der Waals surface area contributed by atoms with E-state index in [0.29, 0.717) is 5.69 Å². The molecule has 2 N–H and O–H groups in total. The average Bonchev–Trinajstić information content (AvgIpc) is 3.08. The largest absolute Gasteiger partial charge is 0.397 e. The van der Waals surface area contributed by atoms with Crippen molar-refractivity contribution in [3.8, 4) is 0 Å². The van der Waals surface area contributed by atoms with Crippen molar-refractivity contribution in [1.82, 2.24) is 4.90 Å². The molecule has 0 unspecified atom stereocenters. The lowest BCUT2D eigenvalue weighted by Gasteiger charge is -2.41. The highest BCUT2D eigenvalue weighted by Crippen LogP contribution is 2.50. The van der Waals surface area contributed by atoms with Crippen LogP contribution in [0.5, 0.6) is 0 Å². The second kappa shape index (κ2) is 3.88. The molecule has 5 heteroatoms. The second-order valence-electron chi connectivity index (χ2n) is 5.22. The van der Waals surface area contributed by atoms with Crippen molar-refractivity contribution in [3.05, 3.63) is 22.7 Å². The molecule has 96 valence electrons. The van der Waals surface area contributed by atoms with Crippen LogP contribution in [0.15, 0.2) is 22.7 Å². The summed E-state index contributed by atoms with van der Waals surface area (Å²) in [5.41, 5.74) is 7.59. The first-order chi connectivity index (χ1) is 8.53. The number of anilines is 2. The fourth-order valence-corrected chi connectivity index (χ4v) is 3.04. The summed E-state index contributed by atoms with van der Waals surface area (Å²) in [5, 5.41) is 0. The van der Waals surface area contributed by atoms with Crippen LogP contribution in [-0.2, 0) is 0 Å². The fourth-order valence-electron chi connectivity index (χ4n) is 2.66. The smallest absolute Gasteiger partial charge is 0.324 e. The van der Waals surface area contributed by atoms with Gasteiger partial charge >= 0.3 is 6.03 Å². The Morgan fingerprint density at radius 1 is 1.33 bits per heavy atom. The standard InChI is InChI=1S/C13H16BrN3O/c1-16-7-6-13(4-5-13)17(12(16)18)11-3-2-9(14)8-10(11)15/h2-3,8H,4-7,15H2,1H3. The van der Waals surface area contributed by atoms with Crippen LogP contribution < -0.4 is 10.6 Å². The van der Waals surface area contributed by atoms with E-state index in [1.54, 1.807) is 4.90 Å². The van der Waals surface area contributed by atoms with E-state index < -0.39 is 0 Å². The van der Waals surface area contributed by atoms with Gasteiger partial charge in [-0.15, -0.1) is 0 Å². The van der Waals surface area contributed by atoms with Gasteiger partial charge in [0.1, 0.15) is 0 Å². The van der Waals surface area contributed by atoms with Crippen LogP contribution >= 0.6 is 15.9 Å². The molecular weight excluding hydrogens is 294 g/mol. The fraction of sp³-hybridized carbons (Fsp3) is 0.462. The highest BCUT2D eigenvalue weighted by Gasteiger charge is 2.54. The van der Waals surface area contributed by atoms with Crippen LogP contribution in [0.25, 0.3) is 0 Å². The van der Waals surface area contributed by atoms with Crippen molar-refractivity contribution in [2.45, 2.75) is 24.8 Å². The molecule has 1 saturated heterocycles. The van der Waals surface area contributed by atoms with Gasteiger partial charge in [0.15, 0.2) is 0 Å². The molecule has 1 aromatic rings. The van der Waals surface area contributed by atoms with Crippen LogP contribution in [-0.4, -0.2) is 30.1 Å². The number of hydrogen-bond donors (Lipinski definition) is 1. The monoisotopic (exact) mass is 309 g/mol. The minimum atomic E-state index is 0.0333. The van der Waals surface area contributed by atoms with Crippen LogP contribution in [0.1, 0.15) is 19.3 Å². The Balaban J connectivity index is 2.04. The van der Waals surface area contributed by atoms with Crippen LogP contribution in [0, 0.1) is 0 Å². The molecule has 2 aliphatic rings. The van der Waals surface area contributed by atoms with E-state index in [-0.39, 0.29) is 11.6 Å². The van der Waals surface area contributed by atoms with Gasteiger partial charge in [0.2, 0.25) is 0 Å². The molecule has 1 aliphatic heterocycles. The molecule has 1 saturated carbocycles. The van der Waals surface area contributed by atoms with Crippen molar-refractivity contribution in [3.63, 3.8) is 0 Å². The van der Waals surface area contributed by atoms with Crippen molar-refractivity contribution in [2.75, 3.05) is 24.2 Å². The van der Waals surface area contributed by atoms with Gasteiger partial charge in [0, 0.05) is 18.1 Å². The predicted octanol–water partition coefficient (Wildman–Crippen LogP) is 2.83. The molecule has 1 heterocycles. The Morgan fingerprint density at radius 2 is 2.06 bits per heavy atom. The molecule has 1 aromatic carbocycles. The molecule has 1 aliphatic carbocycles. The molecule has 18 heavy (non-hydrogen) atoms. The van der Waals surface area contributed by atoms with Gasteiger partial charge in [-0.3, -0.25) is 4.90 Å². The number of nitrogen functional groups attached to an aromatic ring is 1. The highest BCUT2D eigenvalue weighted by atomic mass is 79.9. The summed E-state index contributed by atoms with van der Waals surface area (Å²) >= 11 is 3.40. The maximum atomic E-state index is 12.4. The third-order valence-corrected chi connectivity index (χ3v) is 4.46. The highest BCUT2D eigenvalue weighted by molar-refractivity contribution is 9.10. The Kier molecular flexibility index (Phi) is 2.55. The Bertz CT molecular complexity index is 513. The van der Waals surface area contributed by atoms with E-state index in [0.717, 1.165) is 36.0 Å². The lowest BCUT2D eigenvalue weighted by atomic mass is 10.1. The molecule has 2 amide bonds. The number of amides is 2. The molecule has 0 atom stereocenters. The number of nitrogens with zero attached hydrogens (tertiary/aromatic N) is 2. The zero-order chi connectivity index (χ0) is 12.9. The van der Waals surface area contributed by atoms with Gasteiger partial charge in [0.25, 0.3) is 0 Å². The maximum Gasteiger partial charge on any atom is 0.324 e. The zero-order valence-electron chi connectivity index (χ0n) is 10.3. The molecule has 0 aromatic heterocycles. The summed E-state index contributed by atoms with van der Waals surface area (Å²) in [6, 6.07) is 5.78. The topological polar surface area (TPSA) is 49.6 Å². The van der Waals surface area contributed by atoms with E-state index in [1.165, 1.54) is 0 Å². The Hall–Kier alpha value is -1.23. The van der Waals surface area contributed by atoms with Crippen molar-refractivity contribution >= 4 is 33.3 Å². The minimum absolute atomic E-state index is 0.0333. The van der Waals surface area contributed by atoms with Crippen LogP contribution in [0.3, 0.4) is 0 Å². The summed E-state index contributed by atoms with van der Waals surface area (Å²) in [6.07, 6.45) is 3.20. The van der Waals surface area contributed by atoms with Gasteiger partial charge in [0.05, 0.1) is 16.9 Å². The zero-order valence-corrected chi connectivity index (χ0v) is 11.9. The Labute approximate surface area is 115 Å². The van der Waals surface area contributed by atoms with Crippen molar-refractivity contribution in [1.29, 1.82) is 0 Å². The molecule has 0 radical (unpaired) electrons. The van der Waals surface area contributed by atoms with E-state index >= 15 is 0 Å². The predicted molar refractivity (Wildman–Crippen MR) is 75.6 cm³/mol. The lowest BCUT2D eigenvalue weighted by Crippen LogP contribution is -2.55. The number of hydrogen-bond acceptors (Lipinski definition) is 2. The van der Waals surface area contributed by atoms with Crippen molar-refractivity contribution < 1.29 is 4.79 Å². The summed E-state index contributed by atoms with van der Waals surface area (Å²) in [4.78, 5) is 16.1. The third kappa shape index (κ3) is 1.68. The van der Waals surface area contributed by atoms with Gasteiger partial charge in [-0.25, -0.2) is 4.79 Å². The summed E-state index contributed by atoms with van der Waals surface area (Å²) in [5.74, 6) is 0. The number of rotatable bonds is 1. The molecule has 2 fully saturated rings. The molecular formula is C13H16BrN3O. The van der Waals surface area contributed by atoms with E-state index in [9.17, 15) is 4.79 Å². The number of halogens is 1. The number of carbonyl (C=O) groups is 1. The third-order valence-electron chi connectivity index (χ3n) is 3.96. The summed E-state index contributed by atoms with van der Waals surface area (Å²) in [7, 11) is 1.85. The number of nitrogens with two attached hydrogens (primary N) is 1. The maximum absolute atomic E-state index is 12.4. The quantitative estimate of drug-likeness (QED) is 0.811. The van der Waals surface area contributed by atoms with Gasteiger partial charge in [-0.2, -0.15) is 0 Å². The first-order valence-electron chi connectivity index (χ1n) is 6.14. The molecule has 3 rings (SSSR count). The van der Waals surface area contributed by atoms with E-state index in [4.69, 9.17) is 5.73 Å².